The Morgan fingerprint density at radius 2 is 2.00 bits per heavy atom. The van der Waals surface area contributed by atoms with Gasteiger partial charge in [0.25, 0.3) is 5.88 Å². The summed E-state index contributed by atoms with van der Waals surface area (Å²) in [5, 5.41) is 3.96. The Labute approximate surface area is 174 Å². The lowest BCUT2D eigenvalue weighted by molar-refractivity contribution is -0.0518. The van der Waals surface area contributed by atoms with Gasteiger partial charge in [-0.2, -0.15) is 13.8 Å². The van der Waals surface area contributed by atoms with Crippen molar-refractivity contribution in [3.8, 4) is 11.6 Å². The van der Waals surface area contributed by atoms with E-state index in [-0.39, 0.29) is 30.1 Å². The second kappa shape index (κ2) is 10.6. The van der Waals surface area contributed by atoms with Crippen LogP contribution in [-0.2, 0) is 0 Å². The lowest BCUT2D eigenvalue weighted by Gasteiger charge is -2.36. The predicted octanol–water partition coefficient (Wildman–Crippen LogP) is 5.05. The Kier molecular flexibility index (Phi) is 8.54. The molecule has 28 heavy (non-hydrogen) atoms. The Morgan fingerprint density at radius 1 is 1.25 bits per heavy atom. The highest BCUT2D eigenvalue weighted by Crippen LogP contribution is 2.35. The van der Waals surface area contributed by atoms with Crippen LogP contribution in [0.3, 0.4) is 0 Å². The molecular weight excluding hydrogens is 411 g/mol. The zero-order valence-electron chi connectivity index (χ0n) is 15.4. The molecule has 0 unspecified atom stereocenters. The number of hydrogen-bond donors (Lipinski definition) is 1. The van der Waals surface area contributed by atoms with E-state index in [0.717, 1.165) is 31.6 Å². The minimum Gasteiger partial charge on any atom is -0.475 e. The summed E-state index contributed by atoms with van der Waals surface area (Å²) in [5.74, 6) is 0.581. The highest BCUT2D eigenvalue weighted by molar-refractivity contribution is 6.30. The van der Waals surface area contributed by atoms with E-state index >= 15 is 0 Å². The zero-order chi connectivity index (χ0) is 19.2. The molecule has 0 bridgehead atoms. The van der Waals surface area contributed by atoms with Gasteiger partial charge in [0.15, 0.2) is 5.75 Å². The number of hydrogen-bond acceptors (Lipinski definition) is 5. The van der Waals surface area contributed by atoms with Crippen molar-refractivity contribution in [1.29, 1.82) is 0 Å². The molecule has 1 N–H and O–H groups in total. The topological polar surface area (TPSA) is 46.6 Å². The van der Waals surface area contributed by atoms with Crippen LogP contribution in [0.25, 0.3) is 0 Å². The molecule has 3 rings (SSSR count). The SMILES string of the molecule is CCOc1nc(N(c2cccc(Cl)c2)C2CCNCC2)ccc1OC(F)F.Cl. The van der Waals surface area contributed by atoms with Crippen LogP contribution in [0.5, 0.6) is 11.6 Å². The molecule has 0 saturated carbocycles. The molecule has 2 aromatic rings. The number of piperidine rings is 1. The Hall–Kier alpha value is -1.83. The molecule has 9 heteroatoms. The van der Waals surface area contributed by atoms with Crippen LogP contribution in [0.1, 0.15) is 19.8 Å². The molecule has 1 aromatic heterocycles. The highest BCUT2D eigenvalue weighted by Gasteiger charge is 2.25. The largest absolute Gasteiger partial charge is 0.475 e. The number of nitrogens with zero attached hydrogens (tertiary/aromatic N) is 2. The fourth-order valence-electron chi connectivity index (χ4n) is 3.20. The summed E-state index contributed by atoms with van der Waals surface area (Å²) in [4.78, 5) is 6.56. The summed E-state index contributed by atoms with van der Waals surface area (Å²) >= 11 is 6.19. The number of aromatic nitrogens is 1. The summed E-state index contributed by atoms with van der Waals surface area (Å²) in [6, 6.07) is 10.9. The van der Waals surface area contributed by atoms with E-state index in [9.17, 15) is 8.78 Å². The van der Waals surface area contributed by atoms with Crippen molar-refractivity contribution >= 4 is 35.5 Å². The fourth-order valence-corrected chi connectivity index (χ4v) is 3.38. The normalized spacial score (nSPS) is 14.5. The van der Waals surface area contributed by atoms with Crippen LogP contribution in [-0.4, -0.2) is 37.3 Å². The second-order valence-corrected chi connectivity index (χ2v) is 6.55. The molecule has 0 atom stereocenters. The summed E-state index contributed by atoms with van der Waals surface area (Å²) in [7, 11) is 0. The highest BCUT2D eigenvalue weighted by atomic mass is 35.5. The maximum atomic E-state index is 12.7. The van der Waals surface area contributed by atoms with E-state index < -0.39 is 6.61 Å². The average Bonchev–Trinajstić information content (AvgIpc) is 2.65. The van der Waals surface area contributed by atoms with Crippen molar-refractivity contribution in [2.24, 2.45) is 0 Å². The third-order valence-corrected chi connectivity index (χ3v) is 4.55. The van der Waals surface area contributed by atoms with Gasteiger partial charge in [-0.25, -0.2) is 0 Å². The van der Waals surface area contributed by atoms with E-state index in [4.69, 9.17) is 16.3 Å². The lowest BCUT2D eigenvalue weighted by Crippen LogP contribution is -2.41. The molecule has 2 heterocycles. The number of nitrogens with one attached hydrogen (secondary N) is 1. The van der Waals surface area contributed by atoms with Crippen LogP contribution < -0.4 is 19.7 Å². The molecule has 1 aliphatic rings. The van der Waals surface area contributed by atoms with Gasteiger partial charge in [-0.3, -0.25) is 0 Å². The van der Waals surface area contributed by atoms with Crippen molar-refractivity contribution in [2.45, 2.75) is 32.4 Å². The summed E-state index contributed by atoms with van der Waals surface area (Å²) in [6.45, 7) is 0.910. The van der Waals surface area contributed by atoms with Crippen molar-refractivity contribution < 1.29 is 18.3 Å². The first kappa shape index (κ1) is 22.5. The van der Waals surface area contributed by atoms with Gasteiger partial charge in [-0.1, -0.05) is 17.7 Å². The van der Waals surface area contributed by atoms with Gasteiger partial charge >= 0.3 is 6.61 Å². The molecule has 0 spiro atoms. The lowest BCUT2D eigenvalue weighted by atomic mass is 10.0. The van der Waals surface area contributed by atoms with Crippen molar-refractivity contribution in [3.05, 3.63) is 41.4 Å². The van der Waals surface area contributed by atoms with Gasteiger partial charge in [0, 0.05) is 16.8 Å². The van der Waals surface area contributed by atoms with Crippen molar-refractivity contribution in [3.63, 3.8) is 0 Å². The number of anilines is 2. The van der Waals surface area contributed by atoms with Crippen molar-refractivity contribution in [2.75, 3.05) is 24.6 Å². The monoisotopic (exact) mass is 433 g/mol. The molecule has 154 valence electrons. The molecule has 1 aliphatic heterocycles. The fraction of sp³-hybridized carbons (Fsp3) is 0.421. The van der Waals surface area contributed by atoms with Crippen molar-refractivity contribution in [1.82, 2.24) is 10.3 Å². The molecular formula is C19H23Cl2F2N3O2. The Morgan fingerprint density at radius 3 is 2.64 bits per heavy atom. The number of pyridine rings is 1. The van der Waals surface area contributed by atoms with E-state index in [1.807, 2.05) is 24.3 Å². The van der Waals surface area contributed by atoms with Crippen LogP contribution in [0.2, 0.25) is 5.02 Å². The molecule has 0 aliphatic carbocycles. The van der Waals surface area contributed by atoms with E-state index in [2.05, 4.69) is 19.9 Å². The number of rotatable bonds is 7. The minimum absolute atomic E-state index is 0. The van der Waals surface area contributed by atoms with E-state index in [1.165, 1.54) is 6.07 Å². The molecule has 1 saturated heterocycles. The van der Waals surface area contributed by atoms with Gasteiger partial charge in [0.1, 0.15) is 5.82 Å². The number of halogens is 4. The second-order valence-electron chi connectivity index (χ2n) is 6.12. The maximum Gasteiger partial charge on any atom is 0.387 e. The van der Waals surface area contributed by atoms with Gasteiger partial charge in [-0.05, 0) is 63.2 Å². The summed E-state index contributed by atoms with van der Waals surface area (Å²) in [5.41, 5.74) is 0.895. The van der Waals surface area contributed by atoms with Gasteiger partial charge in [0.2, 0.25) is 0 Å². The summed E-state index contributed by atoms with van der Waals surface area (Å²) < 4.78 is 35.3. The van der Waals surface area contributed by atoms with Gasteiger partial charge in [0.05, 0.1) is 6.61 Å². The first-order valence-electron chi connectivity index (χ1n) is 8.92. The quantitative estimate of drug-likeness (QED) is 0.661. The standard InChI is InChI=1S/C19H22ClF2N3O2.ClH/c1-2-26-18-16(27-19(21)22)6-7-17(24-18)25(14-8-10-23-11-9-14)15-5-3-4-13(20)12-15;/h3-7,12,14,19,23H,2,8-11H2,1H3;1H. The average molecular weight is 434 g/mol. The molecule has 5 nitrogen and oxygen atoms in total. The summed E-state index contributed by atoms with van der Waals surface area (Å²) in [6.07, 6.45) is 1.85. The molecule has 0 amide bonds. The van der Waals surface area contributed by atoms with Crippen LogP contribution >= 0.6 is 24.0 Å². The zero-order valence-corrected chi connectivity index (χ0v) is 17.0. The predicted molar refractivity (Wildman–Crippen MR) is 109 cm³/mol. The van der Waals surface area contributed by atoms with Crippen LogP contribution in [0.4, 0.5) is 20.3 Å². The first-order chi connectivity index (χ1) is 13.1. The maximum absolute atomic E-state index is 12.7. The molecule has 1 fully saturated rings. The number of ether oxygens (including phenoxy) is 2. The Balaban J connectivity index is 0.00000280. The third kappa shape index (κ3) is 5.59. The molecule has 0 radical (unpaired) electrons. The minimum atomic E-state index is -2.94. The number of benzene rings is 1. The van der Waals surface area contributed by atoms with Gasteiger partial charge < -0.3 is 19.7 Å². The van der Waals surface area contributed by atoms with Crippen LogP contribution in [0, 0.1) is 0 Å². The smallest absolute Gasteiger partial charge is 0.387 e. The van der Waals surface area contributed by atoms with Crippen LogP contribution in [0.15, 0.2) is 36.4 Å². The van der Waals surface area contributed by atoms with E-state index in [1.54, 1.807) is 13.0 Å². The first-order valence-corrected chi connectivity index (χ1v) is 9.30. The molecule has 1 aromatic carbocycles. The Bertz CT molecular complexity index is 762. The number of alkyl halides is 2. The van der Waals surface area contributed by atoms with E-state index in [0.29, 0.717) is 17.4 Å². The third-order valence-electron chi connectivity index (χ3n) is 4.31. The van der Waals surface area contributed by atoms with Gasteiger partial charge in [-0.15, -0.1) is 12.4 Å².